The zero-order valence-corrected chi connectivity index (χ0v) is 16.6. The Bertz CT molecular complexity index is 1070. The van der Waals surface area contributed by atoms with Crippen LogP contribution in [0.25, 0.3) is 20.0 Å². The second kappa shape index (κ2) is 8.05. The number of alkyl halides is 3. The van der Waals surface area contributed by atoms with Crippen molar-refractivity contribution in [2.45, 2.75) is 18.6 Å². The molecule has 4 rings (SSSR count). The van der Waals surface area contributed by atoms with Crippen LogP contribution in [0.15, 0.2) is 48.8 Å². The van der Waals surface area contributed by atoms with Crippen LogP contribution in [0.5, 0.6) is 0 Å². The molecular weight excluding hydrogens is 419 g/mol. The van der Waals surface area contributed by atoms with Gasteiger partial charge < -0.3 is 11.1 Å². The second-order valence-corrected chi connectivity index (χ2v) is 8.54. The van der Waals surface area contributed by atoms with E-state index in [4.69, 9.17) is 5.73 Å². The topological polar surface area (TPSA) is 76.7 Å². The maximum Gasteiger partial charge on any atom is 0.416 e. The Morgan fingerprint density at radius 2 is 1.86 bits per heavy atom. The van der Waals surface area contributed by atoms with Crippen LogP contribution >= 0.6 is 22.7 Å². The Balaban J connectivity index is 1.34. The Hall–Kier alpha value is -2.56. The first kappa shape index (κ1) is 19.7. The van der Waals surface area contributed by atoms with E-state index < -0.39 is 11.7 Å². The fourth-order valence-electron chi connectivity index (χ4n) is 2.81. The van der Waals surface area contributed by atoms with Crippen LogP contribution in [0.4, 0.5) is 18.3 Å². The molecule has 1 aromatic carbocycles. The van der Waals surface area contributed by atoms with E-state index in [0.29, 0.717) is 18.1 Å². The highest BCUT2D eigenvalue weighted by Gasteiger charge is 2.29. The van der Waals surface area contributed by atoms with Gasteiger partial charge in [-0.15, -0.1) is 21.5 Å². The molecule has 0 radical (unpaired) electrons. The fourth-order valence-corrected chi connectivity index (χ4v) is 4.63. The molecule has 150 valence electrons. The molecule has 0 unspecified atom stereocenters. The van der Waals surface area contributed by atoms with E-state index in [9.17, 15) is 13.2 Å². The number of nitrogens with two attached hydrogens (primary N) is 1. The predicted molar refractivity (Wildman–Crippen MR) is 110 cm³/mol. The van der Waals surface area contributed by atoms with Crippen molar-refractivity contribution in [2.24, 2.45) is 5.73 Å². The van der Waals surface area contributed by atoms with Gasteiger partial charge in [0.05, 0.1) is 15.1 Å². The lowest BCUT2D eigenvalue weighted by atomic mass is 10.0. The number of aromatic nitrogens is 3. The number of nitrogens with zero attached hydrogens (tertiary/aromatic N) is 3. The Labute approximate surface area is 172 Å². The summed E-state index contributed by atoms with van der Waals surface area (Å²) in [6, 6.07) is 8.82. The van der Waals surface area contributed by atoms with E-state index in [1.54, 1.807) is 17.5 Å². The molecule has 0 amide bonds. The lowest BCUT2D eigenvalue weighted by molar-refractivity contribution is -0.137. The summed E-state index contributed by atoms with van der Waals surface area (Å²) in [5.41, 5.74) is 6.21. The maximum absolute atomic E-state index is 12.6. The number of anilines is 1. The van der Waals surface area contributed by atoms with E-state index >= 15 is 0 Å². The number of hydrogen-bond acceptors (Lipinski definition) is 7. The summed E-state index contributed by atoms with van der Waals surface area (Å²) in [5, 5.41) is 14.1. The number of nitrogens with one attached hydrogen (secondary N) is 1. The molecule has 0 aliphatic rings. The van der Waals surface area contributed by atoms with Crippen molar-refractivity contribution in [1.82, 2.24) is 15.2 Å². The number of pyridine rings is 1. The first-order valence-corrected chi connectivity index (χ1v) is 10.3. The van der Waals surface area contributed by atoms with E-state index in [1.165, 1.54) is 23.5 Å². The van der Waals surface area contributed by atoms with Crippen LogP contribution in [-0.2, 0) is 12.6 Å². The molecule has 0 bridgehead atoms. The molecule has 3 heterocycles. The van der Waals surface area contributed by atoms with Crippen LogP contribution in [0.3, 0.4) is 0 Å². The molecule has 0 aliphatic carbocycles. The van der Waals surface area contributed by atoms with Gasteiger partial charge in [-0.3, -0.25) is 4.98 Å². The van der Waals surface area contributed by atoms with Crippen molar-refractivity contribution in [3.63, 3.8) is 0 Å². The lowest BCUT2D eigenvalue weighted by Crippen LogP contribution is -2.31. The minimum absolute atomic E-state index is 0.269. The van der Waals surface area contributed by atoms with Crippen LogP contribution in [-0.4, -0.2) is 27.8 Å². The SMILES string of the molecule is N[C@@H](CNc1nnc(-c2cc3ccncc3s2)s1)Cc1ccc(C(F)(F)F)cc1. The Morgan fingerprint density at radius 3 is 2.59 bits per heavy atom. The molecule has 29 heavy (non-hydrogen) atoms. The molecule has 0 saturated carbocycles. The molecule has 0 spiro atoms. The number of benzene rings is 1. The van der Waals surface area contributed by atoms with E-state index in [2.05, 4.69) is 26.6 Å². The van der Waals surface area contributed by atoms with Gasteiger partial charge in [0.2, 0.25) is 5.13 Å². The van der Waals surface area contributed by atoms with Gasteiger partial charge in [0.25, 0.3) is 0 Å². The normalized spacial score (nSPS) is 13.0. The molecule has 3 aromatic heterocycles. The Morgan fingerprint density at radius 1 is 1.07 bits per heavy atom. The van der Waals surface area contributed by atoms with E-state index in [-0.39, 0.29) is 6.04 Å². The second-order valence-electron chi connectivity index (χ2n) is 6.48. The number of fused-ring (bicyclic) bond motifs is 1. The summed E-state index contributed by atoms with van der Waals surface area (Å²) in [4.78, 5) is 5.14. The highest BCUT2D eigenvalue weighted by molar-refractivity contribution is 7.26. The molecule has 3 N–H and O–H groups in total. The van der Waals surface area contributed by atoms with Gasteiger partial charge in [0, 0.05) is 25.0 Å². The first-order chi connectivity index (χ1) is 13.9. The molecule has 1 atom stereocenters. The van der Waals surface area contributed by atoms with Gasteiger partial charge in [0.15, 0.2) is 5.01 Å². The van der Waals surface area contributed by atoms with Crippen molar-refractivity contribution >= 4 is 37.9 Å². The van der Waals surface area contributed by atoms with Crippen molar-refractivity contribution in [3.05, 3.63) is 59.9 Å². The summed E-state index contributed by atoms with van der Waals surface area (Å²) in [6.07, 6.45) is -0.295. The number of rotatable bonds is 6. The summed E-state index contributed by atoms with van der Waals surface area (Å²) >= 11 is 3.04. The van der Waals surface area contributed by atoms with Crippen molar-refractivity contribution in [1.29, 1.82) is 0 Å². The average molecular weight is 436 g/mol. The van der Waals surface area contributed by atoms with Gasteiger partial charge in [-0.25, -0.2) is 0 Å². The van der Waals surface area contributed by atoms with Crippen molar-refractivity contribution in [3.8, 4) is 9.88 Å². The lowest BCUT2D eigenvalue weighted by Gasteiger charge is -2.13. The predicted octanol–water partition coefficient (Wildman–Crippen LogP) is 4.82. The average Bonchev–Trinajstić information content (AvgIpc) is 3.33. The molecule has 10 heteroatoms. The highest BCUT2D eigenvalue weighted by Crippen LogP contribution is 2.35. The molecular formula is C19H16F3N5S2. The number of thiophene rings is 1. The fraction of sp³-hybridized carbons (Fsp3) is 0.211. The minimum atomic E-state index is -4.33. The number of halogens is 3. The molecule has 0 saturated heterocycles. The van der Waals surface area contributed by atoms with Crippen LogP contribution < -0.4 is 11.1 Å². The van der Waals surface area contributed by atoms with Crippen LogP contribution in [0.2, 0.25) is 0 Å². The standard InChI is InChI=1S/C19H16F3N5S2/c20-19(21,22)13-3-1-11(2-4-13)7-14(23)9-25-18-27-26-17(29-18)15-8-12-5-6-24-10-16(12)28-15/h1-6,8,10,14H,7,9,23H2,(H,25,27)/t14-/m1/s1. The summed E-state index contributed by atoms with van der Waals surface area (Å²) < 4.78 is 39.0. The van der Waals surface area contributed by atoms with Crippen molar-refractivity contribution < 1.29 is 13.2 Å². The van der Waals surface area contributed by atoms with Gasteiger partial charge in [-0.2, -0.15) is 13.2 Å². The van der Waals surface area contributed by atoms with E-state index in [1.807, 2.05) is 12.3 Å². The van der Waals surface area contributed by atoms with E-state index in [0.717, 1.165) is 37.7 Å². The molecule has 0 aliphatic heterocycles. The van der Waals surface area contributed by atoms with Crippen LogP contribution in [0, 0.1) is 0 Å². The third kappa shape index (κ3) is 4.72. The summed E-state index contributed by atoms with van der Waals surface area (Å²) in [7, 11) is 0. The third-order valence-corrected chi connectivity index (χ3v) is 6.39. The minimum Gasteiger partial charge on any atom is -0.359 e. The van der Waals surface area contributed by atoms with Crippen molar-refractivity contribution in [2.75, 3.05) is 11.9 Å². The molecule has 5 nitrogen and oxygen atoms in total. The van der Waals surface area contributed by atoms with Crippen LogP contribution in [0.1, 0.15) is 11.1 Å². The maximum atomic E-state index is 12.6. The zero-order chi connectivity index (χ0) is 20.4. The quantitative estimate of drug-likeness (QED) is 0.454. The largest absolute Gasteiger partial charge is 0.416 e. The highest BCUT2D eigenvalue weighted by atomic mass is 32.1. The number of hydrogen-bond donors (Lipinski definition) is 2. The molecule has 0 fully saturated rings. The molecule has 4 aromatic rings. The zero-order valence-electron chi connectivity index (χ0n) is 15.0. The first-order valence-electron chi connectivity index (χ1n) is 8.71. The Kier molecular flexibility index (Phi) is 5.48. The van der Waals surface area contributed by atoms with Gasteiger partial charge in [-0.05, 0) is 41.6 Å². The third-order valence-electron chi connectivity index (χ3n) is 4.25. The van der Waals surface area contributed by atoms with Gasteiger partial charge in [-0.1, -0.05) is 23.5 Å². The van der Waals surface area contributed by atoms with Gasteiger partial charge >= 0.3 is 6.18 Å². The smallest absolute Gasteiger partial charge is 0.359 e. The monoisotopic (exact) mass is 435 g/mol. The summed E-state index contributed by atoms with van der Waals surface area (Å²) in [6.45, 7) is 0.436. The summed E-state index contributed by atoms with van der Waals surface area (Å²) in [5.74, 6) is 0. The van der Waals surface area contributed by atoms with Gasteiger partial charge in [0.1, 0.15) is 0 Å².